The molecule has 0 bridgehead atoms. The quantitative estimate of drug-likeness (QED) is 0.360. The van der Waals surface area contributed by atoms with Crippen molar-refractivity contribution in [2.24, 2.45) is 11.8 Å². The second-order valence-electron chi connectivity index (χ2n) is 3.66. The lowest BCUT2D eigenvalue weighted by Gasteiger charge is -2.30. The van der Waals surface area contributed by atoms with Crippen LogP contribution in [-0.4, -0.2) is 24.2 Å². The summed E-state index contributed by atoms with van der Waals surface area (Å²) in [7, 11) is 0. The van der Waals surface area contributed by atoms with Gasteiger partial charge in [0.25, 0.3) is 0 Å². The fourth-order valence-electron chi connectivity index (χ4n) is 1.25. The molecule has 1 atom stereocenters. The Morgan fingerprint density at radius 3 is 2.25 bits per heavy atom. The minimum absolute atomic E-state index is 0.598. The van der Waals surface area contributed by atoms with Gasteiger partial charge < -0.3 is 0 Å². The zero-order chi connectivity index (χ0) is 9.56. The Morgan fingerprint density at radius 2 is 1.92 bits per heavy atom. The molecular weight excluding hydrogens is 150 g/mol. The van der Waals surface area contributed by atoms with Gasteiger partial charge in [0.05, 0.1) is 6.67 Å². The maximum Gasteiger partial charge on any atom is 0.0614 e. The maximum atomic E-state index is 5.31. The normalized spacial score (nSPS) is 14.2. The van der Waals surface area contributed by atoms with E-state index in [1.54, 1.807) is 0 Å². The second-order valence-corrected chi connectivity index (χ2v) is 3.66. The Balaban J connectivity index is 3.89. The van der Waals surface area contributed by atoms with Gasteiger partial charge in [0.2, 0.25) is 0 Å². The highest BCUT2D eigenvalue weighted by Gasteiger charge is 2.14. The Kier molecular flexibility index (Phi) is 6.34. The molecule has 0 saturated heterocycles. The Labute approximate surface area is 76.3 Å². The van der Waals surface area contributed by atoms with E-state index in [1.165, 1.54) is 6.42 Å². The molecule has 0 rings (SSSR count). The van der Waals surface area contributed by atoms with Gasteiger partial charge in [-0.2, -0.15) is 0 Å². The minimum Gasteiger partial charge on any atom is -0.287 e. The van der Waals surface area contributed by atoms with Gasteiger partial charge in [-0.25, -0.2) is 5.43 Å². The Morgan fingerprint density at radius 1 is 1.33 bits per heavy atom. The molecule has 0 amide bonds. The van der Waals surface area contributed by atoms with E-state index in [0.29, 0.717) is 12.0 Å². The van der Waals surface area contributed by atoms with Crippen molar-refractivity contribution in [1.29, 1.82) is 0 Å². The molecule has 3 N–H and O–H groups in total. The zero-order valence-electron chi connectivity index (χ0n) is 8.80. The van der Waals surface area contributed by atoms with Crippen molar-refractivity contribution in [3.63, 3.8) is 0 Å². The van der Waals surface area contributed by atoms with Crippen LogP contribution in [0.4, 0.5) is 0 Å². The van der Waals surface area contributed by atoms with Crippen molar-refractivity contribution in [3.8, 4) is 0 Å². The summed E-state index contributed by atoms with van der Waals surface area (Å²) in [6.07, 6.45) is 1.18. The molecule has 0 fully saturated rings. The van der Waals surface area contributed by atoms with Crippen molar-refractivity contribution in [1.82, 2.24) is 10.3 Å². The predicted octanol–water partition coefficient (Wildman–Crippen LogP) is 1.16. The lowest BCUT2D eigenvalue weighted by molar-refractivity contribution is 0.156. The molecule has 0 heterocycles. The molecule has 0 aromatic heterocycles. The van der Waals surface area contributed by atoms with Crippen LogP contribution in [0, 0.1) is 5.92 Å². The van der Waals surface area contributed by atoms with Gasteiger partial charge >= 0.3 is 0 Å². The molecule has 3 nitrogen and oxygen atoms in total. The SMILES string of the molecule is CCCN(CNN)[C@@H](C)C(C)C. The summed E-state index contributed by atoms with van der Waals surface area (Å²) in [6, 6.07) is 0.598. The number of hydrogen-bond donors (Lipinski definition) is 2. The van der Waals surface area contributed by atoms with Crippen molar-refractivity contribution < 1.29 is 0 Å². The van der Waals surface area contributed by atoms with E-state index in [4.69, 9.17) is 5.84 Å². The first-order valence-electron chi connectivity index (χ1n) is 4.81. The third kappa shape index (κ3) is 4.04. The predicted molar refractivity (Wildman–Crippen MR) is 53.5 cm³/mol. The molecule has 0 unspecified atom stereocenters. The number of nitrogens with two attached hydrogens (primary N) is 1. The zero-order valence-corrected chi connectivity index (χ0v) is 8.80. The van der Waals surface area contributed by atoms with Crippen LogP contribution in [0.3, 0.4) is 0 Å². The standard InChI is InChI=1S/C9H23N3/c1-5-6-12(7-11-10)9(4)8(2)3/h8-9,11H,5-7,10H2,1-4H3/t9-/m0/s1. The first kappa shape index (κ1) is 11.9. The van der Waals surface area contributed by atoms with Crippen LogP contribution in [0.15, 0.2) is 0 Å². The summed E-state index contributed by atoms with van der Waals surface area (Å²) in [5.74, 6) is 5.99. The highest BCUT2D eigenvalue weighted by molar-refractivity contribution is 4.68. The molecule has 3 heteroatoms. The molecule has 0 saturated carbocycles. The molecule has 0 aromatic carbocycles. The fraction of sp³-hybridized carbons (Fsp3) is 1.00. The van der Waals surface area contributed by atoms with Gasteiger partial charge in [-0.05, 0) is 25.8 Å². The summed E-state index contributed by atoms with van der Waals surface area (Å²) in [6.45, 7) is 10.8. The van der Waals surface area contributed by atoms with Crippen LogP contribution in [0.2, 0.25) is 0 Å². The topological polar surface area (TPSA) is 41.3 Å². The van der Waals surface area contributed by atoms with Crippen LogP contribution in [0.25, 0.3) is 0 Å². The lowest BCUT2D eigenvalue weighted by Crippen LogP contribution is -2.45. The minimum atomic E-state index is 0.598. The van der Waals surface area contributed by atoms with Crippen molar-refractivity contribution in [3.05, 3.63) is 0 Å². The number of nitrogens with one attached hydrogen (secondary N) is 1. The lowest BCUT2D eigenvalue weighted by atomic mass is 10.1. The molecule has 0 aromatic rings. The highest BCUT2D eigenvalue weighted by Crippen LogP contribution is 2.09. The van der Waals surface area contributed by atoms with E-state index in [2.05, 4.69) is 38.0 Å². The summed E-state index contributed by atoms with van der Waals surface area (Å²) < 4.78 is 0. The van der Waals surface area contributed by atoms with Crippen molar-refractivity contribution >= 4 is 0 Å². The van der Waals surface area contributed by atoms with Crippen molar-refractivity contribution in [2.45, 2.75) is 40.2 Å². The number of hydrazine groups is 1. The third-order valence-corrected chi connectivity index (χ3v) is 2.35. The maximum absolute atomic E-state index is 5.31. The fourth-order valence-corrected chi connectivity index (χ4v) is 1.25. The number of hydrogen-bond acceptors (Lipinski definition) is 3. The molecular formula is C9H23N3. The van der Waals surface area contributed by atoms with E-state index < -0.39 is 0 Å². The van der Waals surface area contributed by atoms with Crippen LogP contribution in [-0.2, 0) is 0 Å². The van der Waals surface area contributed by atoms with Gasteiger partial charge in [-0.15, -0.1) is 0 Å². The second kappa shape index (κ2) is 6.40. The third-order valence-electron chi connectivity index (χ3n) is 2.35. The summed E-state index contributed by atoms with van der Waals surface area (Å²) >= 11 is 0. The first-order chi connectivity index (χ1) is 5.63. The Hall–Kier alpha value is -0.120. The van der Waals surface area contributed by atoms with Crippen LogP contribution >= 0.6 is 0 Å². The average molecular weight is 173 g/mol. The van der Waals surface area contributed by atoms with Crippen molar-refractivity contribution in [2.75, 3.05) is 13.2 Å². The van der Waals surface area contributed by atoms with Gasteiger partial charge in [-0.1, -0.05) is 20.8 Å². The summed E-state index contributed by atoms with van der Waals surface area (Å²) in [5, 5.41) is 0. The van der Waals surface area contributed by atoms with Gasteiger partial charge in [0.15, 0.2) is 0 Å². The average Bonchev–Trinajstić information content (AvgIpc) is 2.03. The number of nitrogens with zero attached hydrogens (tertiary/aromatic N) is 1. The summed E-state index contributed by atoms with van der Waals surface area (Å²) in [5.41, 5.74) is 2.71. The van der Waals surface area contributed by atoms with E-state index in [-0.39, 0.29) is 0 Å². The monoisotopic (exact) mass is 173 g/mol. The van der Waals surface area contributed by atoms with E-state index in [9.17, 15) is 0 Å². The highest BCUT2D eigenvalue weighted by atomic mass is 15.3. The first-order valence-corrected chi connectivity index (χ1v) is 4.81. The van der Waals surface area contributed by atoms with E-state index in [1.807, 2.05) is 0 Å². The number of rotatable bonds is 6. The molecule has 0 aliphatic heterocycles. The van der Waals surface area contributed by atoms with Crippen LogP contribution < -0.4 is 11.3 Å². The van der Waals surface area contributed by atoms with Gasteiger partial charge in [-0.3, -0.25) is 10.7 Å². The molecule has 0 radical (unpaired) electrons. The molecule has 0 aliphatic carbocycles. The van der Waals surface area contributed by atoms with Crippen LogP contribution in [0.5, 0.6) is 0 Å². The molecule has 0 spiro atoms. The molecule has 74 valence electrons. The largest absolute Gasteiger partial charge is 0.287 e. The smallest absolute Gasteiger partial charge is 0.0614 e. The van der Waals surface area contributed by atoms with Gasteiger partial charge in [0, 0.05) is 6.04 Å². The summed E-state index contributed by atoms with van der Waals surface area (Å²) in [4.78, 5) is 2.37. The molecule has 0 aliphatic rings. The Bertz CT molecular complexity index is 97.9. The van der Waals surface area contributed by atoms with E-state index in [0.717, 1.165) is 13.2 Å². The van der Waals surface area contributed by atoms with Gasteiger partial charge in [0.1, 0.15) is 0 Å². The van der Waals surface area contributed by atoms with E-state index >= 15 is 0 Å². The van der Waals surface area contributed by atoms with Crippen LogP contribution in [0.1, 0.15) is 34.1 Å². The molecule has 12 heavy (non-hydrogen) atoms.